The number of nitrogens with one attached hydrogen (secondary N) is 2. The molecule has 0 aliphatic rings. The van der Waals surface area contributed by atoms with Crippen molar-refractivity contribution >= 4 is 26.7 Å². The van der Waals surface area contributed by atoms with Crippen LogP contribution < -0.4 is 10.0 Å². The zero-order valence-electron chi connectivity index (χ0n) is 11.8. The number of sulfonamides is 1. The minimum Gasteiger partial charge on any atom is -0.373 e. The van der Waals surface area contributed by atoms with Crippen LogP contribution in [0, 0.1) is 0 Å². The molecule has 0 saturated heterocycles. The van der Waals surface area contributed by atoms with Gasteiger partial charge in [0.1, 0.15) is 5.82 Å². The summed E-state index contributed by atoms with van der Waals surface area (Å²) in [6, 6.07) is 8.55. The standard InChI is InChI=1S/C14H19N3O2S/c1-4-10(2)17-20(18,19)12-6-7-13-11(9-12)5-8-14(15-3)16-13/h5-10,17H,4H2,1-3H3,(H,15,16). The van der Waals surface area contributed by atoms with E-state index in [1.807, 2.05) is 26.0 Å². The van der Waals surface area contributed by atoms with E-state index in [0.29, 0.717) is 0 Å². The van der Waals surface area contributed by atoms with Crippen molar-refractivity contribution in [2.45, 2.75) is 31.2 Å². The molecule has 20 heavy (non-hydrogen) atoms. The summed E-state index contributed by atoms with van der Waals surface area (Å²) < 4.78 is 27.1. The van der Waals surface area contributed by atoms with Crippen molar-refractivity contribution in [1.82, 2.24) is 9.71 Å². The molecule has 108 valence electrons. The third-order valence-corrected chi connectivity index (χ3v) is 4.78. The van der Waals surface area contributed by atoms with Crippen LogP contribution in [0.2, 0.25) is 0 Å². The van der Waals surface area contributed by atoms with Gasteiger partial charge in [-0.1, -0.05) is 6.92 Å². The number of nitrogens with zero attached hydrogens (tertiary/aromatic N) is 1. The zero-order valence-corrected chi connectivity index (χ0v) is 12.7. The minimum atomic E-state index is -3.47. The lowest BCUT2D eigenvalue weighted by molar-refractivity contribution is 0.556. The number of benzene rings is 1. The molecule has 0 saturated carbocycles. The highest BCUT2D eigenvalue weighted by molar-refractivity contribution is 7.89. The van der Waals surface area contributed by atoms with Gasteiger partial charge >= 0.3 is 0 Å². The van der Waals surface area contributed by atoms with E-state index in [2.05, 4.69) is 15.0 Å². The van der Waals surface area contributed by atoms with Crippen LogP contribution in [0.1, 0.15) is 20.3 Å². The van der Waals surface area contributed by atoms with E-state index in [0.717, 1.165) is 23.1 Å². The highest BCUT2D eigenvalue weighted by Gasteiger charge is 2.16. The van der Waals surface area contributed by atoms with E-state index in [-0.39, 0.29) is 10.9 Å². The van der Waals surface area contributed by atoms with E-state index in [9.17, 15) is 8.42 Å². The first-order valence-corrected chi connectivity index (χ1v) is 8.05. The van der Waals surface area contributed by atoms with Crippen LogP contribution in [-0.4, -0.2) is 26.5 Å². The fraction of sp³-hybridized carbons (Fsp3) is 0.357. The average Bonchev–Trinajstić information content (AvgIpc) is 2.45. The van der Waals surface area contributed by atoms with Crippen molar-refractivity contribution in [3.63, 3.8) is 0 Å². The summed E-state index contributed by atoms with van der Waals surface area (Å²) in [5.74, 6) is 0.755. The largest absolute Gasteiger partial charge is 0.373 e. The molecule has 1 atom stereocenters. The SMILES string of the molecule is CCC(C)NS(=O)(=O)c1ccc2nc(NC)ccc2c1. The van der Waals surface area contributed by atoms with Gasteiger partial charge in [0.2, 0.25) is 10.0 Å². The molecule has 2 aromatic rings. The average molecular weight is 293 g/mol. The summed E-state index contributed by atoms with van der Waals surface area (Å²) in [6.45, 7) is 3.79. The van der Waals surface area contributed by atoms with Gasteiger partial charge in [-0.3, -0.25) is 0 Å². The second kappa shape index (κ2) is 5.76. The third-order valence-electron chi connectivity index (χ3n) is 3.20. The monoisotopic (exact) mass is 293 g/mol. The summed E-state index contributed by atoms with van der Waals surface area (Å²) in [5, 5.41) is 3.76. The molecular weight excluding hydrogens is 274 g/mol. The van der Waals surface area contributed by atoms with E-state index in [4.69, 9.17) is 0 Å². The Hall–Kier alpha value is -1.66. The van der Waals surface area contributed by atoms with Crippen molar-refractivity contribution in [3.8, 4) is 0 Å². The number of aromatic nitrogens is 1. The molecule has 6 heteroatoms. The summed E-state index contributed by atoms with van der Waals surface area (Å²) in [6.07, 6.45) is 0.750. The number of fused-ring (bicyclic) bond motifs is 1. The van der Waals surface area contributed by atoms with Crippen molar-refractivity contribution in [1.29, 1.82) is 0 Å². The van der Waals surface area contributed by atoms with Gasteiger partial charge in [-0.15, -0.1) is 0 Å². The van der Waals surface area contributed by atoms with Gasteiger partial charge in [0, 0.05) is 18.5 Å². The van der Waals surface area contributed by atoms with E-state index in [1.165, 1.54) is 0 Å². The van der Waals surface area contributed by atoms with Gasteiger partial charge < -0.3 is 5.32 Å². The van der Waals surface area contributed by atoms with Crippen molar-refractivity contribution < 1.29 is 8.42 Å². The number of rotatable bonds is 5. The van der Waals surface area contributed by atoms with Crippen LogP contribution >= 0.6 is 0 Å². The molecule has 1 aromatic heterocycles. The number of pyridine rings is 1. The molecule has 1 heterocycles. The molecule has 0 fully saturated rings. The number of hydrogen-bond donors (Lipinski definition) is 2. The second-order valence-electron chi connectivity index (χ2n) is 4.73. The Labute approximate surface area is 119 Å². The van der Waals surface area contributed by atoms with E-state index in [1.54, 1.807) is 25.2 Å². The molecule has 0 aliphatic carbocycles. The Balaban J connectivity index is 2.41. The van der Waals surface area contributed by atoms with Gasteiger partial charge in [0.15, 0.2) is 0 Å². The predicted molar refractivity (Wildman–Crippen MR) is 81.4 cm³/mol. The lowest BCUT2D eigenvalue weighted by Crippen LogP contribution is -2.31. The smallest absolute Gasteiger partial charge is 0.240 e. The zero-order chi connectivity index (χ0) is 14.8. The van der Waals surface area contributed by atoms with Gasteiger partial charge in [0.25, 0.3) is 0 Å². The lowest BCUT2D eigenvalue weighted by Gasteiger charge is -2.12. The molecule has 0 spiro atoms. The summed E-state index contributed by atoms with van der Waals surface area (Å²) in [4.78, 5) is 4.64. The van der Waals surface area contributed by atoms with Gasteiger partial charge in [-0.2, -0.15) is 0 Å². The van der Waals surface area contributed by atoms with Crippen LogP contribution in [-0.2, 0) is 10.0 Å². The molecular formula is C14H19N3O2S. The molecule has 0 radical (unpaired) electrons. The number of anilines is 1. The highest BCUT2D eigenvalue weighted by atomic mass is 32.2. The maximum Gasteiger partial charge on any atom is 0.240 e. The normalized spacial score (nSPS) is 13.3. The molecule has 0 aliphatic heterocycles. The van der Waals surface area contributed by atoms with Gasteiger partial charge in [0.05, 0.1) is 10.4 Å². The third kappa shape index (κ3) is 3.08. The van der Waals surface area contributed by atoms with Gasteiger partial charge in [-0.25, -0.2) is 18.1 Å². The first-order valence-electron chi connectivity index (χ1n) is 6.57. The van der Waals surface area contributed by atoms with Crippen LogP contribution in [0.5, 0.6) is 0 Å². The Kier molecular flexibility index (Phi) is 4.25. The molecule has 5 nitrogen and oxygen atoms in total. The van der Waals surface area contributed by atoms with Crippen LogP contribution in [0.3, 0.4) is 0 Å². The Bertz CT molecular complexity index is 713. The lowest BCUT2D eigenvalue weighted by atomic mass is 10.2. The van der Waals surface area contributed by atoms with E-state index < -0.39 is 10.0 Å². The Morgan fingerprint density at radius 2 is 2.00 bits per heavy atom. The van der Waals surface area contributed by atoms with Crippen LogP contribution in [0.25, 0.3) is 10.9 Å². The molecule has 1 unspecified atom stereocenters. The second-order valence-corrected chi connectivity index (χ2v) is 6.45. The van der Waals surface area contributed by atoms with Crippen molar-refractivity contribution in [2.24, 2.45) is 0 Å². The quantitative estimate of drug-likeness (QED) is 0.887. The minimum absolute atomic E-state index is 0.0829. The topological polar surface area (TPSA) is 71.1 Å². The van der Waals surface area contributed by atoms with Gasteiger partial charge in [-0.05, 0) is 43.7 Å². The fourth-order valence-electron chi connectivity index (χ4n) is 1.83. The fourth-order valence-corrected chi connectivity index (χ4v) is 3.19. The summed E-state index contributed by atoms with van der Waals surface area (Å²) in [5.41, 5.74) is 0.763. The maximum atomic E-state index is 12.2. The molecule has 2 N–H and O–H groups in total. The molecule has 0 amide bonds. The first kappa shape index (κ1) is 14.7. The maximum absolute atomic E-state index is 12.2. The summed E-state index contributed by atoms with van der Waals surface area (Å²) >= 11 is 0. The van der Waals surface area contributed by atoms with E-state index >= 15 is 0 Å². The van der Waals surface area contributed by atoms with Crippen molar-refractivity contribution in [2.75, 3.05) is 12.4 Å². The first-order chi connectivity index (χ1) is 9.46. The Morgan fingerprint density at radius 1 is 1.25 bits per heavy atom. The molecule has 2 rings (SSSR count). The molecule has 0 bridgehead atoms. The predicted octanol–water partition coefficient (Wildman–Crippen LogP) is 2.35. The highest BCUT2D eigenvalue weighted by Crippen LogP contribution is 2.19. The number of hydrogen-bond acceptors (Lipinski definition) is 4. The van der Waals surface area contributed by atoms with Crippen LogP contribution in [0.15, 0.2) is 35.2 Å². The van der Waals surface area contributed by atoms with Crippen molar-refractivity contribution in [3.05, 3.63) is 30.3 Å². The Morgan fingerprint density at radius 3 is 2.65 bits per heavy atom. The molecule has 1 aromatic carbocycles. The van der Waals surface area contributed by atoms with Crippen LogP contribution in [0.4, 0.5) is 5.82 Å². The summed E-state index contributed by atoms with van der Waals surface area (Å²) in [7, 11) is -1.68.